The summed E-state index contributed by atoms with van der Waals surface area (Å²) in [4.78, 5) is 54.4. The molecular formula is C11H17N3O7S. The molecule has 0 rings (SSSR count). The molecule has 0 aliphatic carbocycles. The fourth-order valence-electron chi connectivity index (χ4n) is 1.31. The molecule has 0 aliphatic heterocycles. The van der Waals surface area contributed by atoms with E-state index in [-0.39, 0.29) is 18.6 Å². The quantitative estimate of drug-likeness (QED) is 0.292. The predicted molar refractivity (Wildman–Crippen MR) is 76.9 cm³/mol. The van der Waals surface area contributed by atoms with Gasteiger partial charge in [-0.05, 0) is 6.42 Å². The molecule has 0 saturated carbocycles. The minimum atomic E-state index is -1.25. The van der Waals surface area contributed by atoms with Gasteiger partial charge in [-0.15, -0.1) is 4.91 Å². The second kappa shape index (κ2) is 10.5. The highest BCUT2D eigenvalue weighted by molar-refractivity contribution is 7.97. The molecular weight excluding hydrogens is 318 g/mol. The number of nitrogens with one attached hydrogen (secondary N) is 2. The van der Waals surface area contributed by atoms with Crippen molar-refractivity contribution < 1.29 is 29.4 Å². The normalized spacial score (nSPS) is 12.8. The Morgan fingerprint density at radius 3 is 2.36 bits per heavy atom. The van der Waals surface area contributed by atoms with Crippen LogP contribution in [0.25, 0.3) is 0 Å². The van der Waals surface area contributed by atoms with E-state index >= 15 is 0 Å². The van der Waals surface area contributed by atoms with Gasteiger partial charge >= 0.3 is 11.9 Å². The highest BCUT2D eigenvalue weighted by Gasteiger charge is 2.22. The minimum absolute atomic E-state index is 0.0870. The van der Waals surface area contributed by atoms with Crippen LogP contribution in [0.2, 0.25) is 0 Å². The van der Waals surface area contributed by atoms with Crippen molar-refractivity contribution in [1.29, 1.82) is 0 Å². The zero-order valence-electron chi connectivity index (χ0n) is 11.8. The number of carboxylic acid groups (broad SMARTS) is 2. The zero-order chi connectivity index (χ0) is 17.1. The molecule has 4 N–H and O–H groups in total. The molecule has 11 heteroatoms. The van der Waals surface area contributed by atoms with Crippen molar-refractivity contribution in [3.05, 3.63) is 4.91 Å². The molecule has 2 amide bonds. The van der Waals surface area contributed by atoms with Crippen molar-refractivity contribution in [1.82, 2.24) is 10.6 Å². The van der Waals surface area contributed by atoms with Crippen LogP contribution in [-0.2, 0) is 19.2 Å². The van der Waals surface area contributed by atoms with Crippen LogP contribution >= 0.6 is 11.9 Å². The van der Waals surface area contributed by atoms with Gasteiger partial charge in [-0.1, -0.05) is 6.92 Å². The van der Waals surface area contributed by atoms with Crippen LogP contribution in [0.4, 0.5) is 0 Å². The number of hydrogen-bond acceptors (Lipinski definition) is 7. The lowest BCUT2D eigenvalue weighted by Crippen LogP contribution is -2.49. The third-order valence-electron chi connectivity index (χ3n) is 2.59. The van der Waals surface area contributed by atoms with E-state index in [9.17, 15) is 24.1 Å². The van der Waals surface area contributed by atoms with E-state index < -0.39 is 42.3 Å². The lowest BCUT2D eigenvalue weighted by atomic mass is 10.1. The van der Waals surface area contributed by atoms with Crippen LogP contribution in [0.3, 0.4) is 0 Å². The summed E-state index contributed by atoms with van der Waals surface area (Å²) in [5, 5.41) is 21.6. The van der Waals surface area contributed by atoms with Crippen LogP contribution in [0.5, 0.6) is 0 Å². The molecule has 0 aromatic heterocycles. The van der Waals surface area contributed by atoms with Gasteiger partial charge in [0, 0.05) is 28.7 Å². The zero-order valence-corrected chi connectivity index (χ0v) is 12.6. The molecule has 10 nitrogen and oxygen atoms in total. The number of carbonyl (C=O) groups excluding carboxylic acids is 2. The Morgan fingerprint density at radius 1 is 1.23 bits per heavy atom. The number of nitroso groups, excluding NO2 is 1. The summed E-state index contributed by atoms with van der Waals surface area (Å²) in [6.07, 6.45) is -0.0287. The number of rotatable bonds is 11. The number of hydrogen-bond donors (Lipinski definition) is 4. The fraction of sp³-hybridized carbons (Fsp3) is 0.636. The number of carbonyl (C=O) groups is 4. The van der Waals surface area contributed by atoms with Gasteiger partial charge in [-0.2, -0.15) is 0 Å². The van der Waals surface area contributed by atoms with Gasteiger partial charge in [0.15, 0.2) is 0 Å². The van der Waals surface area contributed by atoms with Crippen molar-refractivity contribution in [3.63, 3.8) is 0 Å². The third kappa shape index (κ3) is 8.89. The maximum absolute atomic E-state index is 11.7. The summed E-state index contributed by atoms with van der Waals surface area (Å²) in [6, 6.07) is -1.13. The second-order valence-corrected chi connectivity index (χ2v) is 5.12. The molecule has 0 heterocycles. The van der Waals surface area contributed by atoms with Crippen LogP contribution in [0, 0.1) is 10.8 Å². The summed E-state index contributed by atoms with van der Waals surface area (Å²) in [7, 11) is 0. The molecule has 22 heavy (non-hydrogen) atoms. The molecule has 0 aromatic rings. The highest BCUT2D eigenvalue weighted by Crippen LogP contribution is 2.07. The molecule has 0 radical (unpaired) electrons. The molecule has 0 fully saturated rings. The SMILES string of the molecule is CC(CCC(=O)N[C@@H](CSN=O)C(=O)NCC(=O)O)C(=O)O. The third-order valence-corrected chi connectivity index (χ3v) is 3.17. The first-order valence-electron chi connectivity index (χ1n) is 6.24. The van der Waals surface area contributed by atoms with E-state index in [2.05, 4.69) is 15.2 Å². The van der Waals surface area contributed by atoms with Gasteiger partial charge in [-0.3, -0.25) is 19.2 Å². The molecule has 0 spiro atoms. The van der Waals surface area contributed by atoms with Crippen molar-refractivity contribution in [3.8, 4) is 0 Å². The van der Waals surface area contributed by atoms with Gasteiger partial charge in [0.25, 0.3) is 0 Å². The summed E-state index contributed by atoms with van der Waals surface area (Å²) in [5.74, 6) is -4.50. The number of amides is 2. The molecule has 2 atom stereocenters. The average molecular weight is 335 g/mol. The first kappa shape index (κ1) is 19.8. The van der Waals surface area contributed by atoms with E-state index in [1.807, 2.05) is 0 Å². The highest BCUT2D eigenvalue weighted by atomic mass is 32.2. The van der Waals surface area contributed by atoms with Crippen LogP contribution < -0.4 is 10.6 Å². The van der Waals surface area contributed by atoms with E-state index in [4.69, 9.17) is 10.2 Å². The second-order valence-electron chi connectivity index (χ2n) is 4.38. The number of nitrogens with zero attached hydrogens (tertiary/aromatic N) is 1. The lowest BCUT2D eigenvalue weighted by molar-refractivity contribution is -0.141. The Kier molecular flexibility index (Phi) is 9.50. The molecule has 124 valence electrons. The minimum Gasteiger partial charge on any atom is -0.481 e. The Bertz CT molecular complexity index is 443. The van der Waals surface area contributed by atoms with Gasteiger partial charge in [0.05, 0.1) is 5.92 Å². The first-order chi connectivity index (χ1) is 10.3. The van der Waals surface area contributed by atoms with Gasteiger partial charge in [-0.25, -0.2) is 0 Å². The van der Waals surface area contributed by atoms with Crippen molar-refractivity contribution >= 4 is 35.7 Å². The number of aliphatic carboxylic acids is 2. The summed E-state index contributed by atoms with van der Waals surface area (Å²) < 4.78 is 2.50. The maximum Gasteiger partial charge on any atom is 0.322 e. The Hall–Kier alpha value is -2.17. The molecule has 0 aromatic carbocycles. The smallest absolute Gasteiger partial charge is 0.322 e. The average Bonchev–Trinajstić information content (AvgIpc) is 2.46. The Labute approximate surface area is 130 Å². The van der Waals surface area contributed by atoms with Gasteiger partial charge in [0.1, 0.15) is 12.6 Å². The van der Waals surface area contributed by atoms with E-state index in [1.54, 1.807) is 0 Å². The Balaban J connectivity index is 4.46. The van der Waals surface area contributed by atoms with Crippen molar-refractivity contribution in [2.45, 2.75) is 25.8 Å². The first-order valence-corrected chi connectivity index (χ1v) is 7.18. The molecule has 0 bridgehead atoms. The Morgan fingerprint density at radius 2 is 1.86 bits per heavy atom. The standard InChI is InChI=1S/C11H17N3O7S/c1-6(11(19)20)2-3-8(15)13-7(5-22-14-21)10(18)12-4-9(16)17/h6-7H,2-5H2,1H3,(H,12,18)(H,13,15)(H,16,17)(H,19,20)/t6?,7-/m0/s1. The predicted octanol–water partition coefficient (Wildman–Crippen LogP) is -0.412. The molecule has 0 saturated heterocycles. The molecule has 1 unspecified atom stereocenters. The van der Waals surface area contributed by atoms with Gasteiger partial charge < -0.3 is 20.8 Å². The van der Waals surface area contributed by atoms with Crippen LogP contribution in [-0.4, -0.2) is 52.3 Å². The van der Waals surface area contributed by atoms with E-state index in [0.717, 1.165) is 0 Å². The van der Waals surface area contributed by atoms with Crippen molar-refractivity contribution in [2.75, 3.05) is 12.3 Å². The molecule has 0 aliphatic rings. The van der Waals surface area contributed by atoms with Crippen LogP contribution in [0.1, 0.15) is 19.8 Å². The number of carboxylic acids is 2. The van der Waals surface area contributed by atoms with Gasteiger partial charge in [0.2, 0.25) is 11.8 Å². The largest absolute Gasteiger partial charge is 0.481 e. The monoisotopic (exact) mass is 335 g/mol. The van der Waals surface area contributed by atoms with Crippen LogP contribution in [0.15, 0.2) is 4.58 Å². The lowest BCUT2D eigenvalue weighted by Gasteiger charge is -2.16. The van der Waals surface area contributed by atoms with E-state index in [0.29, 0.717) is 11.9 Å². The topological polar surface area (TPSA) is 162 Å². The summed E-state index contributed by atoms with van der Waals surface area (Å²) in [6.45, 7) is 0.819. The maximum atomic E-state index is 11.7. The summed E-state index contributed by atoms with van der Waals surface area (Å²) >= 11 is 0.502. The summed E-state index contributed by atoms with van der Waals surface area (Å²) in [5.41, 5.74) is 0. The van der Waals surface area contributed by atoms with Crippen molar-refractivity contribution in [2.24, 2.45) is 10.5 Å². The fourth-order valence-corrected chi connectivity index (χ4v) is 1.76. The van der Waals surface area contributed by atoms with E-state index in [1.165, 1.54) is 6.92 Å².